The molecule has 0 fully saturated rings. The minimum Gasteiger partial charge on any atom is -0.427 e. The highest BCUT2D eigenvalue weighted by Gasteiger charge is 2.03. The molecule has 0 N–H and O–H groups in total. The maximum atomic E-state index is 11.0. The van der Waals surface area contributed by atoms with E-state index in [0.29, 0.717) is 5.75 Å². The van der Waals surface area contributed by atoms with Gasteiger partial charge in [0.1, 0.15) is 5.75 Å². The van der Waals surface area contributed by atoms with Crippen LogP contribution in [0.25, 0.3) is 21.9 Å². The van der Waals surface area contributed by atoms with Crippen LogP contribution in [0.3, 0.4) is 0 Å². The van der Waals surface area contributed by atoms with Crippen molar-refractivity contribution in [3.63, 3.8) is 0 Å². The predicted octanol–water partition coefficient (Wildman–Crippen LogP) is 3.83. The molecule has 0 saturated heterocycles. The Bertz CT molecular complexity index is 766. The standard InChI is InChI=1S/C17H13NO2/c1-12(19)20-17-7-6-13-9-14(4-5-15(13)10-17)16-3-2-8-18-11-16/h2-11H,1H3. The van der Waals surface area contributed by atoms with E-state index in [-0.39, 0.29) is 5.97 Å². The first-order valence-electron chi connectivity index (χ1n) is 6.35. The van der Waals surface area contributed by atoms with E-state index in [1.54, 1.807) is 12.3 Å². The van der Waals surface area contributed by atoms with E-state index in [1.165, 1.54) is 6.92 Å². The maximum Gasteiger partial charge on any atom is 0.308 e. The Hall–Kier alpha value is -2.68. The van der Waals surface area contributed by atoms with Crippen molar-refractivity contribution >= 4 is 16.7 Å². The molecule has 0 aliphatic rings. The number of benzene rings is 2. The number of nitrogens with zero attached hydrogens (tertiary/aromatic N) is 1. The lowest BCUT2D eigenvalue weighted by atomic mass is 10.0. The van der Waals surface area contributed by atoms with Gasteiger partial charge in [-0.05, 0) is 40.6 Å². The first-order chi connectivity index (χ1) is 9.72. The van der Waals surface area contributed by atoms with Crippen molar-refractivity contribution < 1.29 is 9.53 Å². The Labute approximate surface area is 116 Å². The van der Waals surface area contributed by atoms with E-state index < -0.39 is 0 Å². The first kappa shape index (κ1) is 12.4. The van der Waals surface area contributed by atoms with E-state index >= 15 is 0 Å². The van der Waals surface area contributed by atoms with Crippen LogP contribution in [0, 0.1) is 0 Å². The molecule has 2 aromatic carbocycles. The molecule has 0 radical (unpaired) electrons. The lowest BCUT2D eigenvalue weighted by Gasteiger charge is -2.06. The number of ether oxygens (including phenoxy) is 1. The number of hydrogen-bond donors (Lipinski definition) is 0. The maximum absolute atomic E-state index is 11.0. The van der Waals surface area contributed by atoms with Gasteiger partial charge in [-0.15, -0.1) is 0 Å². The summed E-state index contributed by atoms with van der Waals surface area (Å²) in [4.78, 5) is 15.1. The van der Waals surface area contributed by atoms with Crippen molar-refractivity contribution in [2.75, 3.05) is 0 Å². The normalized spacial score (nSPS) is 10.4. The molecule has 0 amide bonds. The van der Waals surface area contributed by atoms with Crippen molar-refractivity contribution in [3.05, 3.63) is 60.9 Å². The molecule has 0 aliphatic heterocycles. The monoisotopic (exact) mass is 263 g/mol. The second-order valence-corrected chi connectivity index (χ2v) is 4.56. The molecule has 0 unspecified atom stereocenters. The highest BCUT2D eigenvalue weighted by molar-refractivity contribution is 5.88. The van der Waals surface area contributed by atoms with Crippen molar-refractivity contribution in [2.45, 2.75) is 6.92 Å². The summed E-state index contributed by atoms with van der Waals surface area (Å²) in [6, 6.07) is 15.7. The van der Waals surface area contributed by atoms with E-state index in [2.05, 4.69) is 11.1 Å². The van der Waals surface area contributed by atoms with Crippen LogP contribution in [-0.4, -0.2) is 11.0 Å². The Balaban J connectivity index is 2.03. The van der Waals surface area contributed by atoms with Crippen LogP contribution in [0.2, 0.25) is 0 Å². The number of aromatic nitrogens is 1. The van der Waals surface area contributed by atoms with E-state index in [9.17, 15) is 4.79 Å². The molecule has 20 heavy (non-hydrogen) atoms. The zero-order chi connectivity index (χ0) is 13.9. The summed E-state index contributed by atoms with van der Waals surface area (Å²) in [5.74, 6) is 0.260. The number of carbonyl (C=O) groups excluding carboxylic acids is 1. The smallest absolute Gasteiger partial charge is 0.308 e. The Morgan fingerprint density at radius 1 is 1.00 bits per heavy atom. The number of esters is 1. The molecule has 0 saturated carbocycles. The lowest BCUT2D eigenvalue weighted by Crippen LogP contribution is -2.00. The Morgan fingerprint density at radius 3 is 2.55 bits per heavy atom. The second-order valence-electron chi connectivity index (χ2n) is 4.56. The molecular formula is C17H13NO2. The number of carbonyl (C=O) groups is 1. The van der Waals surface area contributed by atoms with Gasteiger partial charge in [0.05, 0.1) is 0 Å². The van der Waals surface area contributed by atoms with Gasteiger partial charge in [-0.2, -0.15) is 0 Å². The molecule has 3 rings (SSSR count). The van der Waals surface area contributed by atoms with Crippen LogP contribution in [0.1, 0.15) is 6.92 Å². The van der Waals surface area contributed by atoms with Crippen LogP contribution in [-0.2, 0) is 4.79 Å². The van der Waals surface area contributed by atoms with Crippen LogP contribution in [0.5, 0.6) is 5.75 Å². The number of hydrogen-bond acceptors (Lipinski definition) is 3. The molecule has 1 aromatic heterocycles. The Morgan fingerprint density at radius 2 is 1.80 bits per heavy atom. The first-order valence-corrected chi connectivity index (χ1v) is 6.35. The average molecular weight is 263 g/mol. The van der Waals surface area contributed by atoms with Gasteiger partial charge in [0, 0.05) is 24.9 Å². The fourth-order valence-electron chi connectivity index (χ4n) is 2.17. The molecule has 1 heterocycles. The minimum absolute atomic E-state index is 0.309. The predicted molar refractivity (Wildman–Crippen MR) is 78.5 cm³/mol. The zero-order valence-electron chi connectivity index (χ0n) is 11.0. The van der Waals surface area contributed by atoms with Gasteiger partial charge in [-0.1, -0.05) is 24.3 Å². The zero-order valence-corrected chi connectivity index (χ0v) is 11.0. The summed E-state index contributed by atoms with van der Waals surface area (Å²) >= 11 is 0. The quantitative estimate of drug-likeness (QED) is 0.521. The largest absolute Gasteiger partial charge is 0.427 e. The van der Waals surface area contributed by atoms with Gasteiger partial charge in [0.15, 0.2) is 0 Å². The van der Waals surface area contributed by atoms with Gasteiger partial charge in [0.2, 0.25) is 0 Å². The molecule has 0 bridgehead atoms. The third kappa shape index (κ3) is 2.52. The summed E-state index contributed by atoms with van der Waals surface area (Å²) in [6.45, 7) is 1.40. The fourth-order valence-corrected chi connectivity index (χ4v) is 2.17. The highest BCUT2D eigenvalue weighted by atomic mass is 16.5. The van der Waals surface area contributed by atoms with Gasteiger partial charge >= 0.3 is 5.97 Å². The summed E-state index contributed by atoms with van der Waals surface area (Å²) in [6.07, 6.45) is 3.60. The number of pyridine rings is 1. The van der Waals surface area contributed by atoms with Crippen molar-refractivity contribution in [1.29, 1.82) is 0 Å². The molecule has 0 aliphatic carbocycles. The molecule has 0 atom stereocenters. The molecule has 98 valence electrons. The average Bonchev–Trinajstić information content (AvgIpc) is 2.47. The molecule has 3 nitrogen and oxygen atoms in total. The highest BCUT2D eigenvalue weighted by Crippen LogP contribution is 2.26. The van der Waals surface area contributed by atoms with Crippen molar-refractivity contribution in [2.24, 2.45) is 0 Å². The van der Waals surface area contributed by atoms with Gasteiger partial charge < -0.3 is 4.74 Å². The van der Waals surface area contributed by atoms with Gasteiger partial charge in [0.25, 0.3) is 0 Å². The van der Waals surface area contributed by atoms with Crippen LogP contribution < -0.4 is 4.74 Å². The SMILES string of the molecule is CC(=O)Oc1ccc2cc(-c3cccnc3)ccc2c1. The van der Waals surface area contributed by atoms with E-state index in [0.717, 1.165) is 21.9 Å². The lowest BCUT2D eigenvalue weighted by molar-refractivity contribution is -0.131. The van der Waals surface area contributed by atoms with Crippen LogP contribution in [0.15, 0.2) is 60.9 Å². The topological polar surface area (TPSA) is 39.2 Å². The third-order valence-electron chi connectivity index (χ3n) is 3.07. The summed E-state index contributed by atoms with van der Waals surface area (Å²) in [5, 5.41) is 2.14. The van der Waals surface area contributed by atoms with Gasteiger partial charge in [-0.25, -0.2) is 0 Å². The minimum atomic E-state index is -0.309. The van der Waals surface area contributed by atoms with Crippen molar-refractivity contribution in [3.8, 4) is 16.9 Å². The van der Waals surface area contributed by atoms with Crippen molar-refractivity contribution in [1.82, 2.24) is 4.98 Å². The molecule has 3 aromatic rings. The molecular weight excluding hydrogens is 250 g/mol. The summed E-state index contributed by atoms with van der Waals surface area (Å²) in [5.41, 5.74) is 2.20. The van der Waals surface area contributed by atoms with Gasteiger partial charge in [-0.3, -0.25) is 9.78 Å². The molecule has 3 heteroatoms. The van der Waals surface area contributed by atoms with E-state index in [1.807, 2.05) is 42.6 Å². The summed E-state index contributed by atoms with van der Waals surface area (Å²) < 4.78 is 5.09. The number of rotatable bonds is 2. The number of fused-ring (bicyclic) bond motifs is 1. The molecule has 0 spiro atoms. The van der Waals surface area contributed by atoms with E-state index in [4.69, 9.17) is 4.74 Å². The Kier molecular flexibility index (Phi) is 3.17. The summed E-state index contributed by atoms with van der Waals surface area (Å²) in [7, 11) is 0. The van der Waals surface area contributed by atoms with Crippen LogP contribution >= 0.6 is 0 Å². The fraction of sp³-hybridized carbons (Fsp3) is 0.0588. The third-order valence-corrected chi connectivity index (χ3v) is 3.07. The second kappa shape index (κ2) is 5.13. The van der Waals surface area contributed by atoms with Crippen LogP contribution in [0.4, 0.5) is 0 Å².